The summed E-state index contributed by atoms with van der Waals surface area (Å²) in [7, 11) is 0. The maximum absolute atomic E-state index is 5.38. The monoisotopic (exact) mass is 248 g/mol. The molecule has 0 amide bonds. The molecule has 0 aromatic carbocycles. The summed E-state index contributed by atoms with van der Waals surface area (Å²) in [6, 6.07) is 0. The van der Waals surface area contributed by atoms with E-state index in [4.69, 9.17) is 5.73 Å². The fraction of sp³-hybridized carbons (Fsp3) is 0.818. The van der Waals surface area contributed by atoms with Crippen molar-refractivity contribution in [1.82, 2.24) is 5.32 Å². The maximum Gasteiger partial charge on any atom is 0.0266 e. The number of thiol groups is 2. The van der Waals surface area contributed by atoms with Crippen molar-refractivity contribution in [2.45, 2.75) is 37.4 Å². The summed E-state index contributed by atoms with van der Waals surface area (Å²) in [4.78, 5) is 0. The van der Waals surface area contributed by atoms with Crippen LogP contribution in [0.1, 0.15) is 32.1 Å². The van der Waals surface area contributed by atoms with E-state index in [2.05, 4.69) is 37.2 Å². The van der Waals surface area contributed by atoms with E-state index in [-0.39, 0.29) is 0 Å². The van der Waals surface area contributed by atoms with Crippen molar-refractivity contribution in [2.75, 3.05) is 18.8 Å². The molecule has 1 unspecified atom stereocenters. The minimum absolute atomic E-state index is 0.507. The summed E-state index contributed by atoms with van der Waals surface area (Å²) in [5, 5.41) is 3.70. The molecule has 1 atom stereocenters. The molecule has 0 saturated carbocycles. The Balaban J connectivity index is 3.26. The summed E-state index contributed by atoms with van der Waals surface area (Å²) < 4.78 is 0. The Labute approximate surface area is 105 Å². The van der Waals surface area contributed by atoms with Crippen molar-refractivity contribution in [3.05, 3.63) is 12.3 Å². The van der Waals surface area contributed by atoms with Crippen molar-refractivity contribution in [3.8, 4) is 0 Å². The molecule has 0 aromatic heterocycles. The lowest BCUT2D eigenvalue weighted by Crippen LogP contribution is -2.21. The average molecular weight is 248 g/mol. The molecule has 90 valence electrons. The second kappa shape index (κ2) is 10.7. The van der Waals surface area contributed by atoms with Crippen LogP contribution in [0.5, 0.6) is 0 Å². The molecule has 0 aliphatic carbocycles. The molecule has 0 rings (SSSR count). The van der Waals surface area contributed by atoms with Gasteiger partial charge in [-0.15, -0.1) is 0 Å². The minimum atomic E-state index is 0.507. The molecule has 0 heterocycles. The molecule has 0 bridgehead atoms. The normalized spacial score (nSPS) is 12.5. The van der Waals surface area contributed by atoms with Gasteiger partial charge in [0.15, 0.2) is 0 Å². The first kappa shape index (κ1) is 15.2. The molecule has 2 nitrogen and oxygen atoms in total. The molecular weight excluding hydrogens is 224 g/mol. The summed E-state index contributed by atoms with van der Waals surface area (Å²) in [6.07, 6.45) is 5.71. The Morgan fingerprint density at radius 1 is 1.33 bits per heavy atom. The molecule has 4 heteroatoms. The lowest BCUT2D eigenvalue weighted by molar-refractivity contribution is 0.627. The van der Waals surface area contributed by atoms with Crippen molar-refractivity contribution in [2.24, 2.45) is 5.73 Å². The minimum Gasteiger partial charge on any atom is -0.388 e. The van der Waals surface area contributed by atoms with Crippen LogP contribution in [0.25, 0.3) is 0 Å². The van der Waals surface area contributed by atoms with Gasteiger partial charge < -0.3 is 11.1 Å². The molecule has 0 aliphatic rings. The van der Waals surface area contributed by atoms with Gasteiger partial charge >= 0.3 is 0 Å². The van der Waals surface area contributed by atoms with E-state index in [0.29, 0.717) is 11.8 Å². The number of allylic oxidation sites excluding steroid dienone is 1. The number of unbranched alkanes of at least 4 members (excludes halogenated alkanes) is 1. The van der Waals surface area contributed by atoms with Gasteiger partial charge in [-0.05, 0) is 31.4 Å². The molecule has 0 spiro atoms. The Morgan fingerprint density at radius 2 is 2.07 bits per heavy atom. The van der Waals surface area contributed by atoms with Crippen LogP contribution < -0.4 is 11.1 Å². The molecule has 15 heavy (non-hydrogen) atoms. The van der Waals surface area contributed by atoms with Crippen molar-refractivity contribution < 1.29 is 0 Å². The van der Waals surface area contributed by atoms with Crippen LogP contribution >= 0.6 is 25.3 Å². The van der Waals surface area contributed by atoms with Gasteiger partial charge in [-0.1, -0.05) is 13.0 Å². The first-order chi connectivity index (χ1) is 7.20. The van der Waals surface area contributed by atoms with Crippen molar-refractivity contribution in [3.63, 3.8) is 0 Å². The van der Waals surface area contributed by atoms with Gasteiger partial charge in [0.1, 0.15) is 0 Å². The number of nitrogens with one attached hydrogen (secondary N) is 1. The van der Waals surface area contributed by atoms with Crippen LogP contribution in [0.15, 0.2) is 12.3 Å². The molecule has 0 aromatic rings. The predicted octanol–water partition coefficient (Wildman–Crippen LogP) is 2.23. The Kier molecular flexibility index (Phi) is 10.9. The highest BCUT2D eigenvalue weighted by Gasteiger charge is 2.01. The first-order valence-electron chi connectivity index (χ1n) is 5.61. The maximum atomic E-state index is 5.38. The van der Waals surface area contributed by atoms with E-state index in [9.17, 15) is 0 Å². The van der Waals surface area contributed by atoms with Crippen LogP contribution in [-0.2, 0) is 0 Å². The fourth-order valence-corrected chi connectivity index (χ4v) is 2.18. The molecule has 0 radical (unpaired) electrons. The van der Waals surface area contributed by atoms with E-state index in [1.807, 2.05) is 0 Å². The SMILES string of the molecule is C=C(CCCCC(S)CCS)NCCN. The summed E-state index contributed by atoms with van der Waals surface area (Å²) in [5.74, 6) is 0.929. The smallest absolute Gasteiger partial charge is 0.0266 e. The van der Waals surface area contributed by atoms with E-state index in [1.54, 1.807) is 0 Å². The second-order valence-corrected chi connectivity index (χ2v) is 4.91. The van der Waals surface area contributed by atoms with Crippen molar-refractivity contribution >= 4 is 25.3 Å². The number of hydrogen-bond donors (Lipinski definition) is 4. The zero-order valence-electron chi connectivity index (χ0n) is 9.41. The topological polar surface area (TPSA) is 38.0 Å². The summed E-state index contributed by atoms with van der Waals surface area (Å²) >= 11 is 8.68. The van der Waals surface area contributed by atoms with Crippen molar-refractivity contribution in [1.29, 1.82) is 0 Å². The second-order valence-electron chi connectivity index (χ2n) is 3.73. The quantitative estimate of drug-likeness (QED) is 0.354. The van der Waals surface area contributed by atoms with E-state index >= 15 is 0 Å². The average Bonchev–Trinajstić information content (AvgIpc) is 2.22. The highest BCUT2D eigenvalue weighted by molar-refractivity contribution is 7.81. The largest absolute Gasteiger partial charge is 0.388 e. The third-order valence-electron chi connectivity index (χ3n) is 2.25. The Morgan fingerprint density at radius 3 is 2.67 bits per heavy atom. The Bertz CT molecular complexity index is 163. The highest BCUT2D eigenvalue weighted by atomic mass is 32.1. The molecule has 0 saturated heterocycles. The molecule has 0 fully saturated rings. The lowest BCUT2D eigenvalue weighted by Gasteiger charge is -2.10. The molecular formula is C11H24N2S2. The Hall–Kier alpha value is 0.200. The fourth-order valence-electron chi connectivity index (χ4n) is 1.35. The van der Waals surface area contributed by atoms with Crippen LogP contribution in [0, 0.1) is 0 Å². The standard InChI is InChI=1S/C11H24N2S2/c1-10(13-8-7-12)4-2-3-5-11(15)6-9-14/h11,13-15H,1-9,12H2. The van der Waals surface area contributed by atoms with Crippen LogP contribution in [-0.4, -0.2) is 24.1 Å². The third-order valence-corrected chi connectivity index (χ3v) is 3.02. The zero-order valence-corrected chi connectivity index (χ0v) is 11.2. The van der Waals surface area contributed by atoms with E-state index in [1.165, 1.54) is 19.3 Å². The first-order valence-corrected chi connectivity index (χ1v) is 6.76. The van der Waals surface area contributed by atoms with Gasteiger partial charge in [0, 0.05) is 24.0 Å². The van der Waals surface area contributed by atoms with Crippen LogP contribution in [0.3, 0.4) is 0 Å². The predicted molar refractivity (Wildman–Crippen MR) is 75.9 cm³/mol. The number of nitrogens with two attached hydrogens (primary N) is 1. The van der Waals surface area contributed by atoms with E-state index < -0.39 is 0 Å². The highest BCUT2D eigenvalue weighted by Crippen LogP contribution is 2.13. The molecule has 3 N–H and O–H groups in total. The van der Waals surface area contributed by atoms with Gasteiger partial charge in [0.25, 0.3) is 0 Å². The molecule has 0 aliphatic heterocycles. The number of hydrogen-bond acceptors (Lipinski definition) is 4. The zero-order chi connectivity index (χ0) is 11.5. The third kappa shape index (κ3) is 10.5. The number of rotatable bonds is 10. The van der Waals surface area contributed by atoms with Gasteiger partial charge in [-0.25, -0.2) is 0 Å². The van der Waals surface area contributed by atoms with Crippen LogP contribution in [0.2, 0.25) is 0 Å². The van der Waals surface area contributed by atoms with Gasteiger partial charge in [0.05, 0.1) is 0 Å². The lowest BCUT2D eigenvalue weighted by atomic mass is 10.1. The van der Waals surface area contributed by atoms with Crippen LogP contribution in [0.4, 0.5) is 0 Å². The van der Waals surface area contributed by atoms with Gasteiger partial charge in [-0.2, -0.15) is 25.3 Å². The summed E-state index contributed by atoms with van der Waals surface area (Å²) in [5.41, 5.74) is 6.49. The van der Waals surface area contributed by atoms with E-state index in [0.717, 1.165) is 30.8 Å². The summed E-state index contributed by atoms with van der Waals surface area (Å²) in [6.45, 7) is 5.44. The van der Waals surface area contributed by atoms with Gasteiger partial charge in [-0.3, -0.25) is 0 Å². The van der Waals surface area contributed by atoms with Gasteiger partial charge in [0.2, 0.25) is 0 Å².